The Labute approximate surface area is 170 Å². The number of para-hydroxylation sites is 1. The zero-order valence-corrected chi connectivity index (χ0v) is 17.1. The van der Waals surface area contributed by atoms with Crippen LogP contribution in [0.1, 0.15) is 47.9 Å². The highest BCUT2D eigenvalue weighted by Gasteiger charge is 2.14. The molecular weight excluding hydrogens is 374 g/mol. The molecule has 2 aromatic carbocycles. The number of amides is 2. The van der Waals surface area contributed by atoms with Gasteiger partial charge in [0.1, 0.15) is 5.75 Å². The smallest absolute Gasteiger partial charge is 0.257 e. The predicted molar refractivity (Wildman–Crippen MR) is 115 cm³/mol. The molecule has 0 bridgehead atoms. The van der Waals surface area contributed by atoms with Gasteiger partial charge in [-0.1, -0.05) is 19.1 Å². The highest BCUT2D eigenvalue weighted by Crippen LogP contribution is 2.16. The van der Waals surface area contributed by atoms with Gasteiger partial charge in [0.25, 0.3) is 11.8 Å². The van der Waals surface area contributed by atoms with Crippen LogP contribution in [0.5, 0.6) is 5.75 Å². The summed E-state index contributed by atoms with van der Waals surface area (Å²) in [6.07, 6.45) is 0.916. The molecule has 0 heterocycles. The third-order valence-electron chi connectivity index (χ3n) is 3.66. The summed E-state index contributed by atoms with van der Waals surface area (Å²) >= 11 is 5.23. The number of benzene rings is 2. The predicted octanol–water partition coefficient (Wildman–Crippen LogP) is 3.74. The van der Waals surface area contributed by atoms with Crippen molar-refractivity contribution in [3.63, 3.8) is 0 Å². The topological polar surface area (TPSA) is 79.5 Å². The third kappa shape index (κ3) is 6.35. The summed E-state index contributed by atoms with van der Waals surface area (Å²) in [6, 6.07) is 13.8. The van der Waals surface area contributed by atoms with Crippen LogP contribution in [0.3, 0.4) is 0 Å². The van der Waals surface area contributed by atoms with Crippen LogP contribution in [0, 0.1) is 0 Å². The second-order valence-electron chi connectivity index (χ2n) is 6.45. The fraction of sp³-hybridized carbons (Fsp3) is 0.286. The maximum Gasteiger partial charge on any atom is 0.257 e. The Bertz CT molecular complexity index is 835. The molecule has 0 aliphatic carbocycles. The van der Waals surface area contributed by atoms with E-state index >= 15 is 0 Å². The Morgan fingerprint density at radius 1 is 1.04 bits per heavy atom. The number of nitrogens with one attached hydrogen (secondary N) is 3. The van der Waals surface area contributed by atoms with E-state index in [-0.39, 0.29) is 23.0 Å². The Morgan fingerprint density at radius 3 is 2.36 bits per heavy atom. The standard InChI is InChI=1S/C21H25N3O3S/c1-4-13-27-16-11-9-15(10-12-16)19(25)24-21(28)23-18-8-6-5-7-17(18)20(26)22-14(2)3/h5-12,14H,4,13H2,1-3H3,(H,22,26)(H2,23,24,25,28). The van der Waals surface area contributed by atoms with Crippen LogP contribution in [0.15, 0.2) is 48.5 Å². The summed E-state index contributed by atoms with van der Waals surface area (Å²) < 4.78 is 5.51. The van der Waals surface area contributed by atoms with E-state index in [2.05, 4.69) is 16.0 Å². The van der Waals surface area contributed by atoms with Crippen LogP contribution in [0.2, 0.25) is 0 Å². The lowest BCUT2D eigenvalue weighted by molar-refractivity contribution is 0.0942. The average Bonchev–Trinajstić information content (AvgIpc) is 2.66. The number of anilines is 1. The summed E-state index contributed by atoms with van der Waals surface area (Å²) in [5, 5.41) is 8.49. The van der Waals surface area contributed by atoms with Crippen LogP contribution < -0.4 is 20.7 Å². The van der Waals surface area contributed by atoms with Gasteiger partial charge in [-0.25, -0.2) is 0 Å². The molecule has 6 nitrogen and oxygen atoms in total. The molecule has 0 aliphatic heterocycles. The molecule has 0 aliphatic rings. The van der Waals surface area contributed by atoms with Crippen molar-refractivity contribution >= 4 is 34.8 Å². The number of ether oxygens (including phenoxy) is 1. The van der Waals surface area contributed by atoms with Crippen LogP contribution in [-0.2, 0) is 0 Å². The number of thiocarbonyl (C=S) groups is 1. The van der Waals surface area contributed by atoms with E-state index < -0.39 is 0 Å². The van der Waals surface area contributed by atoms with Gasteiger partial charge in [-0.15, -0.1) is 0 Å². The van der Waals surface area contributed by atoms with Gasteiger partial charge >= 0.3 is 0 Å². The summed E-state index contributed by atoms with van der Waals surface area (Å²) in [7, 11) is 0. The molecule has 0 spiro atoms. The first-order chi connectivity index (χ1) is 13.4. The molecular formula is C21H25N3O3S. The second-order valence-corrected chi connectivity index (χ2v) is 6.86. The molecule has 7 heteroatoms. The number of rotatable bonds is 7. The van der Waals surface area contributed by atoms with E-state index in [0.717, 1.165) is 6.42 Å². The van der Waals surface area contributed by atoms with E-state index in [1.165, 1.54) is 0 Å². The maximum atomic E-state index is 12.4. The number of carbonyl (C=O) groups excluding carboxylic acids is 2. The van der Waals surface area contributed by atoms with Gasteiger partial charge in [0, 0.05) is 11.6 Å². The van der Waals surface area contributed by atoms with Crippen LogP contribution >= 0.6 is 12.2 Å². The molecule has 0 saturated carbocycles. The van der Waals surface area contributed by atoms with Gasteiger partial charge in [-0.3, -0.25) is 14.9 Å². The number of carbonyl (C=O) groups is 2. The van der Waals surface area contributed by atoms with Crippen molar-refractivity contribution in [3.8, 4) is 5.75 Å². The SMILES string of the molecule is CCCOc1ccc(C(=O)NC(=S)Nc2ccccc2C(=O)NC(C)C)cc1. The van der Waals surface area contributed by atoms with Crippen LogP contribution in [0.25, 0.3) is 0 Å². The minimum atomic E-state index is -0.344. The molecule has 28 heavy (non-hydrogen) atoms. The summed E-state index contributed by atoms with van der Waals surface area (Å²) in [6.45, 7) is 6.43. The number of hydrogen-bond acceptors (Lipinski definition) is 4. The zero-order chi connectivity index (χ0) is 20.5. The first kappa shape index (κ1) is 21.4. The highest BCUT2D eigenvalue weighted by molar-refractivity contribution is 7.80. The second kappa shape index (κ2) is 10.4. The van der Waals surface area contributed by atoms with E-state index in [4.69, 9.17) is 17.0 Å². The van der Waals surface area contributed by atoms with Crippen molar-refractivity contribution in [2.24, 2.45) is 0 Å². The quantitative estimate of drug-likeness (QED) is 0.618. The van der Waals surface area contributed by atoms with Crippen molar-refractivity contribution < 1.29 is 14.3 Å². The lowest BCUT2D eigenvalue weighted by Crippen LogP contribution is -2.35. The Kier molecular flexibility index (Phi) is 7.95. The zero-order valence-electron chi connectivity index (χ0n) is 16.2. The molecule has 0 unspecified atom stereocenters. The Morgan fingerprint density at radius 2 is 1.71 bits per heavy atom. The van der Waals surface area contributed by atoms with Crippen LogP contribution in [0.4, 0.5) is 5.69 Å². The minimum absolute atomic E-state index is 0.0106. The molecule has 0 atom stereocenters. The fourth-order valence-electron chi connectivity index (χ4n) is 2.38. The third-order valence-corrected chi connectivity index (χ3v) is 3.86. The van der Waals surface area contributed by atoms with E-state index in [1.807, 2.05) is 20.8 Å². The normalized spacial score (nSPS) is 10.3. The van der Waals surface area contributed by atoms with Gasteiger partial charge in [0.2, 0.25) is 0 Å². The molecule has 2 rings (SSSR count). The van der Waals surface area contributed by atoms with Gasteiger partial charge in [-0.2, -0.15) is 0 Å². The number of hydrogen-bond donors (Lipinski definition) is 3. The monoisotopic (exact) mass is 399 g/mol. The molecule has 0 fully saturated rings. The van der Waals surface area contributed by atoms with E-state index in [0.29, 0.717) is 29.2 Å². The highest BCUT2D eigenvalue weighted by atomic mass is 32.1. The minimum Gasteiger partial charge on any atom is -0.494 e. The molecule has 0 radical (unpaired) electrons. The van der Waals surface area contributed by atoms with Crippen molar-refractivity contribution in [3.05, 3.63) is 59.7 Å². The van der Waals surface area contributed by atoms with Crippen molar-refractivity contribution in [1.82, 2.24) is 10.6 Å². The first-order valence-corrected chi connectivity index (χ1v) is 9.56. The Hall–Kier alpha value is -2.93. The van der Waals surface area contributed by atoms with Crippen molar-refractivity contribution in [2.75, 3.05) is 11.9 Å². The van der Waals surface area contributed by atoms with Crippen molar-refractivity contribution in [1.29, 1.82) is 0 Å². The lowest BCUT2D eigenvalue weighted by atomic mass is 10.1. The van der Waals surface area contributed by atoms with Gasteiger partial charge in [0.05, 0.1) is 17.9 Å². The summed E-state index contributed by atoms with van der Waals surface area (Å²) in [4.78, 5) is 24.7. The van der Waals surface area contributed by atoms with Gasteiger partial charge < -0.3 is 15.4 Å². The largest absolute Gasteiger partial charge is 0.494 e. The van der Waals surface area contributed by atoms with Gasteiger partial charge in [0.15, 0.2) is 5.11 Å². The summed E-state index contributed by atoms with van der Waals surface area (Å²) in [5.74, 6) is 0.155. The fourth-order valence-corrected chi connectivity index (χ4v) is 2.58. The van der Waals surface area contributed by atoms with E-state index in [1.54, 1.807) is 48.5 Å². The lowest BCUT2D eigenvalue weighted by Gasteiger charge is -2.15. The molecule has 0 saturated heterocycles. The van der Waals surface area contributed by atoms with Crippen molar-refractivity contribution in [2.45, 2.75) is 33.2 Å². The molecule has 148 valence electrons. The molecule has 0 aromatic heterocycles. The van der Waals surface area contributed by atoms with Gasteiger partial charge in [-0.05, 0) is 68.9 Å². The average molecular weight is 400 g/mol. The Balaban J connectivity index is 2.00. The first-order valence-electron chi connectivity index (χ1n) is 9.15. The summed E-state index contributed by atoms with van der Waals surface area (Å²) in [5.41, 5.74) is 1.43. The molecule has 2 aromatic rings. The maximum absolute atomic E-state index is 12.4. The van der Waals surface area contributed by atoms with Crippen LogP contribution in [-0.4, -0.2) is 29.6 Å². The van der Waals surface area contributed by atoms with E-state index in [9.17, 15) is 9.59 Å². The molecule has 3 N–H and O–H groups in total. The molecule has 2 amide bonds.